The molecule has 0 fully saturated rings. The summed E-state index contributed by atoms with van der Waals surface area (Å²) < 4.78 is 31.9. The van der Waals surface area contributed by atoms with Crippen LogP contribution in [-0.2, 0) is 19.6 Å². The van der Waals surface area contributed by atoms with E-state index in [2.05, 4.69) is 10.0 Å². The summed E-state index contributed by atoms with van der Waals surface area (Å²) in [5.41, 5.74) is 0.727. The second-order valence-corrected chi connectivity index (χ2v) is 9.25. The largest absolute Gasteiger partial charge is 0.449 e. The molecule has 30 heavy (non-hydrogen) atoms. The van der Waals surface area contributed by atoms with Crippen molar-refractivity contribution in [1.29, 1.82) is 0 Å². The van der Waals surface area contributed by atoms with E-state index in [0.717, 1.165) is 0 Å². The highest BCUT2D eigenvalue weighted by molar-refractivity contribution is 7.89. The van der Waals surface area contributed by atoms with Crippen molar-refractivity contribution < 1.29 is 22.7 Å². The summed E-state index contributed by atoms with van der Waals surface area (Å²) in [6, 6.07) is 6.82. The van der Waals surface area contributed by atoms with E-state index >= 15 is 0 Å². The van der Waals surface area contributed by atoms with Crippen LogP contribution >= 0.6 is 34.8 Å². The first kappa shape index (κ1) is 24.4. The van der Waals surface area contributed by atoms with E-state index < -0.39 is 28.0 Å². The third-order valence-electron chi connectivity index (χ3n) is 3.99. The van der Waals surface area contributed by atoms with E-state index in [1.54, 1.807) is 13.8 Å². The molecule has 11 heteroatoms. The van der Waals surface area contributed by atoms with Crippen LogP contribution in [0.15, 0.2) is 35.2 Å². The van der Waals surface area contributed by atoms with Gasteiger partial charge in [-0.25, -0.2) is 17.9 Å². The smallest absolute Gasteiger partial charge is 0.339 e. The minimum Gasteiger partial charge on any atom is -0.449 e. The average Bonchev–Trinajstić information content (AvgIpc) is 2.65. The van der Waals surface area contributed by atoms with Crippen molar-refractivity contribution in [3.63, 3.8) is 0 Å². The Morgan fingerprint density at radius 3 is 2.33 bits per heavy atom. The van der Waals surface area contributed by atoms with Crippen LogP contribution in [0, 0.1) is 6.92 Å². The molecular formula is C19H19Cl3N2O5S. The molecule has 0 radical (unpaired) electrons. The zero-order valence-electron chi connectivity index (χ0n) is 16.3. The van der Waals surface area contributed by atoms with Gasteiger partial charge in [-0.05, 0) is 43.7 Å². The highest BCUT2D eigenvalue weighted by atomic mass is 35.5. The number of rotatable bonds is 7. The van der Waals surface area contributed by atoms with Crippen molar-refractivity contribution in [3.8, 4) is 0 Å². The minimum atomic E-state index is -3.76. The van der Waals surface area contributed by atoms with Crippen LogP contribution in [0.1, 0.15) is 29.8 Å². The number of ether oxygens (including phenoxy) is 1. The summed E-state index contributed by atoms with van der Waals surface area (Å²) in [5, 5.41) is 3.08. The Morgan fingerprint density at radius 1 is 1.07 bits per heavy atom. The Morgan fingerprint density at radius 2 is 1.70 bits per heavy atom. The van der Waals surface area contributed by atoms with Gasteiger partial charge in [0, 0.05) is 6.54 Å². The molecule has 2 aromatic carbocycles. The number of benzene rings is 2. The molecule has 0 saturated heterocycles. The van der Waals surface area contributed by atoms with Crippen molar-refractivity contribution in [1.82, 2.24) is 4.72 Å². The molecule has 0 saturated carbocycles. The predicted octanol–water partition coefficient (Wildman–Crippen LogP) is 4.44. The molecule has 1 atom stereocenters. The van der Waals surface area contributed by atoms with Crippen LogP contribution in [0.2, 0.25) is 15.1 Å². The predicted molar refractivity (Wildman–Crippen MR) is 117 cm³/mol. The molecule has 2 rings (SSSR count). The van der Waals surface area contributed by atoms with Gasteiger partial charge in [0.25, 0.3) is 5.91 Å². The minimum absolute atomic E-state index is 0.0289. The first-order chi connectivity index (χ1) is 14.0. The molecule has 0 aliphatic rings. The Hall–Kier alpha value is -1.84. The van der Waals surface area contributed by atoms with Crippen molar-refractivity contribution >= 4 is 62.4 Å². The van der Waals surface area contributed by atoms with E-state index in [0.29, 0.717) is 5.56 Å². The van der Waals surface area contributed by atoms with Crippen LogP contribution in [-0.4, -0.2) is 32.9 Å². The maximum Gasteiger partial charge on any atom is 0.339 e. The number of amides is 1. The van der Waals surface area contributed by atoms with Crippen LogP contribution in [0.4, 0.5) is 5.69 Å². The number of carbonyl (C=O) groups excluding carboxylic acids is 2. The molecule has 0 aliphatic carbocycles. The highest BCUT2D eigenvalue weighted by Gasteiger charge is 2.23. The summed E-state index contributed by atoms with van der Waals surface area (Å²) in [7, 11) is -3.76. The van der Waals surface area contributed by atoms with E-state index in [4.69, 9.17) is 39.5 Å². The Labute approximate surface area is 189 Å². The Balaban J connectivity index is 2.17. The number of aryl methyl sites for hydroxylation is 1. The molecule has 0 aromatic heterocycles. The number of carbonyl (C=O) groups is 2. The van der Waals surface area contributed by atoms with Gasteiger partial charge in [-0.15, -0.1) is 0 Å². The summed E-state index contributed by atoms with van der Waals surface area (Å²) in [5.74, 6) is -1.50. The number of halogens is 3. The Bertz CT molecular complexity index is 1090. The molecule has 0 heterocycles. The van der Waals surface area contributed by atoms with Gasteiger partial charge in [-0.3, -0.25) is 4.79 Å². The standard InChI is InChI=1S/C19H19Cl3N2O5S/c1-4-23-30(27,28)12-6-5-10(2)13(7-12)19(26)29-11(3)18(25)24-17-9-15(21)14(20)8-16(17)22/h5-9,11,23H,4H2,1-3H3,(H,24,25). The van der Waals surface area contributed by atoms with E-state index in [9.17, 15) is 18.0 Å². The molecule has 0 bridgehead atoms. The van der Waals surface area contributed by atoms with Crippen LogP contribution in [0.25, 0.3) is 0 Å². The lowest BCUT2D eigenvalue weighted by Gasteiger charge is -2.16. The van der Waals surface area contributed by atoms with E-state index in [-0.39, 0.29) is 37.8 Å². The lowest BCUT2D eigenvalue weighted by Crippen LogP contribution is -2.30. The average molecular weight is 494 g/mol. The molecule has 1 amide bonds. The lowest BCUT2D eigenvalue weighted by atomic mass is 10.1. The number of hydrogen-bond acceptors (Lipinski definition) is 5. The van der Waals surface area contributed by atoms with Crippen molar-refractivity contribution in [2.24, 2.45) is 0 Å². The number of anilines is 1. The second-order valence-electron chi connectivity index (χ2n) is 6.26. The van der Waals surface area contributed by atoms with Gasteiger partial charge in [0.1, 0.15) is 0 Å². The van der Waals surface area contributed by atoms with Gasteiger partial charge < -0.3 is 10.1 Å². The third kappa shape index (κ3) is 5.86. The molecule has 162 valence electrons. The van der Waals surface area contributed by atoms with Crippen LogP contribution in [0.3, 0.4) is 0 Å². The molecular weight excluding hydrogens is 475 g/mol. The zero-order chi connectivity index (χ0) is 22.6. The lowest BCUT2D eigenvalue weighted by molar-refractivity contribution is -0.123. The van der Waals surface area contributed by atoms with Gasteiger partial charge in [-0.2, -0.15) is 0 Å². The monoisotopic (exact) mass is 492 g/mol. The molecule has 2 aromatic rings. The highest BCUT2D eigenvalue weighted by Crippen LogP contribution is 2.32. The van der Waals surface area contributed by atoms with E-state index in [1.165, 1.54) is 37.3 Å². The second kappa shape index (κ2) is 9.98. The summed E-state index contributed by atoms with van der Waals surface area (Å²) in [4.78, 5) is 24.9. The summed E-state index contributed by atoms with van der Waals surface area (Å²) >= 11 is 17.8. The fourth-order valence-electron chi connectivity index (χ4n) is 2.39. The van der Waals surface area contributed by atoms with Gasteiger partial charge in [0.15, 0.2) is 6.10 Å². The fraction of sp³-hybridized carbons (Fsp3) is 0.263. The summed E-state index contributed by atoms with van der Waals surface area (Å²) in [6.07, 6.45) is -1.20. The van der Waals surface area contributed by atoms with Crippen molar-refractivity contribution in [3.05, 3.63) is 56.5 Å². The van der Waals surface area contributed by atoms with Gasteiger partial charge in [-0.1, -0.05) is 47.8 Å². The molecule has 2 N–H and O–H groups in total. The number of sulfonamides is 1. The summed E-state index contributed by atoms with van der Waals surface area (Å²) in [6.45, 7) is 4.83. The topological polar surface area (TPSA) is 102 Å². The molecule has 0 aliphatic heterocycles. The first-order valence-electron chi connectivity index (χ1n) is 8.73. The zero-order valence-corrected chi connectivity index (χ0v) is 19.3. The number of hydrogen-bond donors (Lipinski definition) is 2. The molecule has 7 nitrogen and oxygen atoms in total. The maximum atomic E-state index is 12.6. The van der Waals surface area contributed by atoms with Crippen molar-refractivity contribution in [2.75, 3.05) is 11.9 Å². The normalized spacial score (nSPS) is 12.3. The first-order valence-corrected chi connectivity index (χ1v) is 11.3. The number of nitrogens with one attached hydrogen (secondary N) is 2. The van der Waals surface area contributed by atoms with E-state index in [1.807, 2.05) is 0 Å². The van der Waals surface area contributed by atoms with Crippen LogP contribution in [0.5, 0.6) is 0 Å². The van der Waals surface area contributed by atoms with Gasteiger partial charge in [0.2, 0.25) is 10.0 Å². The fourth-order valence-corrected chi connectivity index (χ4v) is 4.05. The molecule has 0 spiro atoms. The van der Waals surface area contributed by atoms with Crippen LogP contribution < -0.4 is 10.0 Å². The quantitative estimate of drug-likeness (QED) is 0.439. The van der Waals surface area contributed by atoms with Crippen molar-refractivity contribution in [2.45, 2.75) is 31.8 Å². The van der Waals surface area contributed by atoms with Gasteiger partial charge >= 0.3 is 5.97 Å². The third-order valence-corrected chi connectivity index (χ3v) is 6.57. The molecule has 1 unspecified atom stereocenters. The Kier molecular flexibility index (Phi) is 8.13. The maximum absolute atomic E-state index is 12.6. The SMILES string of the molecule is CCNS(=O)(=O)c1ccc(C)c(C(=O)OC(C)C(=O)Nc2cc(Cl)c(Cl)cc2Cl)c1. The number of esters is 1. The van der Waals surface area contributed by atoms with Gasteiger partial charge in [0.05, 0.1) is 31.2 Å².